The van der Waals surface area contributed by atoms with E-state index in [9.17, 15) is 0 Å². The average Bonchev–Trinajstić information content (AvgIpc) is 2.72. The van der Waals surface area contributed by atoms with Crippen LogP contribution in [0.4, 0.5) is 11.5 Å². The minimum atomic E-state index is 0.327. The molecule has 4 aromatic heterocycles. The average molecular weight is 374 g/mol. The molecule has 4 N–H and O–H groups in total. The Balaban J connectivity index is 2.11. The number of hydrogen-bond donors (Lipinski definition) is 2. The fraction of sp³-hybridized carbons (Fsp3) is 0.100. The van der Waals surface area contributed by atoms with E-state index in [1.807, 2.05) is 12.1 Å². The van der Waals surface area contributed by atoms with Crippen LogP contribution in [0.15, 0.2) is 49.2 Å². The molecule has 8 heteroatoms. The van der Waals surface area contributed by atoms with E-state index in [4.69, 9.17) is 20.9 Å². The standard InChI is InChI=1S/C20H18N6O2/c1-27-14-3-11(6-23-9-14)17-18(12-4-15(28-2)10-24-7-12)20(22)26-16-5-13(21)8-25-19(16)17/h3-10H,21H2,1-2H3,(H2,22,26). The number of fused-ring (bicyclic) bond motifs is 1. The molecule has 8 nitrogen and oxygen atoms in total. The molecule has 4 rings (SSSR count). The number of anilines is 2. The maximum absolute atomic E-state index is 6.37. The molecule has 140 valence electrons. The maximum Gasteiger partial charge on any atom is 0.137 e. The van der Waals surface area contributed by atoms with Crippen LogP contribution < -0.4 is 20.9 Å². The lowest BCUT2D eigenvalue weighted by atomic mass is 9.95. The molecular weight excluding hydrogens is 356 g/mol. The van der Waals surface area contributed by atoms with Gasteiger partial charge in [-0.25, -0.2) is 4.98 Å². The van der Waals surface area contributed by atoms with Crippen LogP contribution in [0.25, 0.3) is 33.3 Å². The van der Waals surface area contributed by atoms with E-state index in [2.05, 4.69) is 19.9 Å². The Morgan fingerprint density at radius 2 is 1.36 bits per heavy atom. The monoisotopic (exact) mass is 374 g/mol. The molecule has 0 aliphatic carbocycles. The van der Waals surface area contributed by atoms with E-state index >= 15 is 0 Å². The van der Waals surface area contributed by atoms with Crippen LogP contribution in [0, 0.1) is 0 Å². The molecular formula is C20H18N6O2. The minimum absolute atomic E-state index is 0.327. The molecule has 0 saturated carbocycles. The molecule has 0 aliphatic heterocycles. The summed E-state index contributed by atoms with van der Waals surface area (Å²) in [6.07, 6.45) is 8.28. The zero-order valence-electron chi connectivity index (χ0n) is 15.4. The van der Waals surface area contributed by atoms with Crippen molar-refractivity contribution in [1.82, 2.24) is 19.9 Å². The van der Waals surface area contributed by atoms with Crippen molar-refractivity contribution >= 4 is 22.5 Å². The van der Waals surface area contributed by atoms with Gasteiger partial charge in [0.25, 0.3) is 0 Å². The molecule has 0 atom stereocenters. The Morgan fingerprint density at radius 1 is 0.750 bits per heavy atom. The number of aromatic nitrogens is 4. The lowest BCUT2D eigenvalue weighted by Crippen LogP contribution is -2.02. The van der Waals surface area contributed by atoms with E-state index in [0.29, 0.717) is 39.6 Å². The molecule has 0 radical (unpaired) electrons. The van der Waals surface area contributed by atoms with Crippen LogP contribution in [0.5, 0.6) is 11.5 Å². The second-order valence-electron chi connectivity index (χ2n) is 6.11. The number of methoxy groups -OCH3 is 2. The second kappa shape index (κ2) is 6.99. The highest BCUT2D eigenvalue weighted by Gasteiger charge is 2.19. The molecule has 0 aromatic carbocycles. The van der Waals surface area contributed by atoms with Gasteiger partial charge in [-0.15, -0.1) is 0 Å². The van der Waals surface area contributed by atoms with E-state index < -0.39 is 0 Å². The maximum atomic E-state index is 6.37. The van der Waals surface area contributed by atoms with Crippen LogP contribution in [0.3, 0.4) is 0 Å². The van der Waals surface area contributed by atoms with Crippen LogP contribution in [-0.2, 0) is 0 Å². The Morgan fingerprint density at radius 3 is 1.96 bits per heavy atom. The van der Waals surface area contributed by atoms with E-state index in [1.165, 1.54) is 0 Å². The number of hydrogen-bond acceptors (Lipinski definition) is 8. The summed E-state index contributed by atoms with van der Waals surface area (Å²) in [7, 11) is 3.17. The van der Waals surface area contributed by atoms with Gasteiger partial charge in [0.2, 0.25) is 0 Å². The number of nitrogen functional groups attached to an aromatic ring is 2. The van der Waals surface area contributed by atoms with Gasteiger partial charge in [0.1, 0.15) is 17.3 Å². The van der Waals surface area contributed by atoms with Gasteiger partial charge in [0.15, 0.2) is 0 Å². The van der Waals surface area contributed by atoms with Gasteiger partial charge in [-0.2, -0.15) is 0 Å². The lowest BCUT2D eigenvalue weighted by Gasteiger charge is -2.16. The van der Waals surface area contributed by atoms with Crippen molar-refractivity contribution in [2.45, 2.75) is 0 Å². The van der Waals surface area contributed by atoms with E-state index in [0.717, 1.165) is 16.7 Å². The summed E-state index contributed by atoms with van der Waals surface area (Å²) < 4.78 is 10.7. The number of rotatable bonds is 4. The van der Waals surface area contributed by atoms with Crippen molar-refractivity contribution in [2.75, 3.05) is 25.7 Å². The summed E-state index contributed by atoms with van der Waals surface area (Å²) in [5.74, 6) is 1.55. The van der Waals surface area contributed by atoms with Crippen LogP contribution in [0.2, 0.25) is 0 Å². The SMILES string of the molecule is COc1cncc(-c2c(N)nc3cc(N)cnc3c2-c2cncc(OC)c2)c1. The highest BCUT2D eigenvalue weighted by Crippen LogP contribution is 2.41. The first-order valence-corrected chi connectivity index (χ1v) is 8.44. The lowest BCUT2D eigenvalue weighted by molar-refractivity contribution is 0.413. The predicted molar refractivity (Wildman–Crippen MR) is 108 cm³/mol. The third-order valence-electron chi connectivity index (χ3n) is 4.35. The topological polar surface area (TPSA) is 122 Å². The summed E-state index contributed by atoms with van der Waals surface area (Å²) in [5.41, 5.74) is 17.0. The molecule has 0 bridgehead atoms. The van der Waals surface area contributed by atoms with Crippen LogP contribution in [0.1, 0.15) is 0 Å². The van der Waals surface area contributed by atoms with Crippen molar-refractivity contribution in [1.29, 1.82) is 0 Å². The third kappa shape index (κ3) is 3.01. The normalized spacial score (nSPS) is 10.8. The molecule has 4 heterocycles. The Bertz CT molecular complexity index is 1180. The van der Waals surface area contributed by atoms with Crippen molar-refractivity contribution in [3.8, 4) is 33.8 Å². The number of nitrogens with two attached hydrogens (primary N) is 2. The first kappa shape index (κ1) is 17.5. The fourth-order valence-corrected chi connectivity index (χ4v) is 3.09. The van der Waals surface area contributed by atoms with Crippen molar-refractivity contribution in [2.24, 2.45) is 0 Å². The second-order valence-corrected chi connectivity index (χ2v) is 6.11. The summed E-state index contributed by atoms with van der Waals surface area (Å²) in [6, 6.07) is 5.46. The molecule has 4 aromatic rings. The van der Waals surface area contributed by atoms with E-state index in [1.54, 1.807) is 51.3 Å². The van der Waals surface area contributed by atoms with Gasteiger partial charge in [0.05, 0.1) is 49.5 Å². The first-order chi connectivity index (χ1) is 13.6. The molecule has 0 saturated heterocycles. The number of nitrogens with zero attached hydrogens (tertiary/aromatic N) is 4. The van der Waals surface area contributed by atoms with Crippen molar-refractivity contribution in [3.63, 3.8) is 0 Å². The smallest absolute Gasteiger partial charge is 0.137 e. The molecule has 0 aliphatic rings. The molecule has 0 spiro atoms. The molecule has 0 amide bonds. The quantitative estimate of drug-likeness (QED) is 0.559. The van der Waals surface area contributed by atoms with Crippen molar-refractivity contribution < 1.29 is 9.47 Å². The Kier molecular flexibility index (Phi) is 4.36. The molecule has 0 unspecified atom stereocenters. The number of ether oxygens (including phenoxy) is 2. The third-order valence-corrected chi connectivity index (χ3v) is 4.35. The zero-order valence-corrected chi connectivity index (χ0v) is 15.4. The summed E-state index contributed by atoms with van der Waals surface area (Å²) in [4.78, 5) is 17.6. The van der Waals surface area contributed by atoms with Gasteiger partial charge in [-0.3, -0.25) is 15.0 Å². The minimum Gasteiger partial charge on any atom is -0.495 e. The molecule has 0 fully saturated rings. The Hall–Kier alpha value is -3.94. The fourth-order valence-electron chi connectivity index (χ4n) is 3.09. The van der Waals surface area contributed by atoms with Gasteiger partial charge in [0, 0.05) is 34.6 Å². The van der Waals surface area contributed by atoms with Crippen LogP contribution >= 0.6 is 0 Å². The highest BCUT2D eigenvalue weighted by molar-refractivity contribution is 6.04. The largest absolute Gasteiger partial charge is 0.495 e. The number of pyridine rings is 4. The zero-order chi connectivity index (χ0) is 19.7. The summed E-state index contributed by atoms with van der Waals surface area (Å²) in [6.45, 7) is 0. The van der Waals surface area contributed by atoms with Gasteiger partial charge >= 0.3 is 0 Å². The van der Waals surface area contributed by atoms with Gasteiger partial charge < -0.3 is 20.9 Å². The van der Waals surface area contributed by atoms with Gasteiger partial charge in [-0.1, -0.05) is 0 Å². The highest BCUT2D eigenvalue weighted by atomic mass is 16.5. The first-order valence-electron chi connectivity index (χ1n) is 8.44. The molecule has 28 heavy (non-hydrogen) atoms. The van der Waals surface area contributed by atoms with Crippen molar-refractivity contribution in [3.05, 3.63) is 49.2 Å². The van der Waals surface area contributed by atoms with Crippen LogP contribution in [-0.4, -0.2) is 34.2 Å². The van der Waals surface area contributed by atoms with E-state index in [-0.39, 0.29) is 0 Å². The van der Waals surface area contributed by atoms with Gasteiger partial charge in [-0.05, 0) is 18.2 Å². The predicted octanol–water partition coefficient (Wildman–Crippen LogP) is 2.94. The summed E-state index contributed by atoms with van der Waals surface area (Å²) in [5, 5.41) is 0. The summed E-state index contributed by atoms with van der Waals surface area (Å²) >= 11 is 0. The Labute approximate surface area is 161 Å².